The Balaban J connectivity index is 1.83. The molecule has 0 spiro atoms. The van der Waals surface area contributed by atoms with E-state index in [-0.39, 0.29) is 5.91 Å². The van der Waals surface area contributed by atoms with E-state index in [1.807, 2.05) is 36.4 Å². The van der Waals surface area contributed by atoms with Crippen molar-refractivity contribution in [3.8, 4) is 0 Å². The van der Waals surface area contributed by atoms with Crippen LogP contribution in [0.4, 0.5) is 0 Å². The Morgan fingerprint density at radius 2 is 2.00 bits per heavy atom. The van der Waals surface area contributed by atoms with Gasteiger partial charge in [-0.15, -0.1) is 0 Å². The minimum atomic E-state index is -0.158. The van der Waals surface area contributed by atoms with Gasteiger partial charge < -0.3 is 9.88 Å². The molecule has 6 heteroatoms. The quantitative estimate of drug-likeness (QED) is 0.474. The first kappa shape index (κ1) is 18.5. The SMILES string of the molecule is C=CC(=O)NCCCc1nc2ccccc2n1Cc1ccc(Cl)c(Cl)c1. The highest BCUT2D eigenvalue weighted by molar-refractivity contribution is 6.42. The summed E-state index contributed by atoms with van der Waals surface area (Å²) in [6.07, 6.45) is 2.83. The van der Waals surface area contributed by atoms with Crippen molar-refractivity contribution in [2.75, 3.05) is 6.54 Å². The number of carbonyl (C=O) groups is 1. The van der Waals surface area contributed by atoms with Crippen LogP contribution in [-0.4, -0.2) is 22.0 Å². The van der Waals surface area contributed by atoms with Gasteiger partial charge in [0.2, 0.25) is 5.91 Å². The van der Waals surface area contributed by atoms with Crippen molar-refractivity contribution in [2.45, 2.75) is 19.4 Å². The highest BCUT2D eigenvalue weighted by Gasteiger charge is 2.11. The molecule has 1 N–H and O–H groups in total. The lowest BCUT2D eigenvalue weighted by atomic mass is 10.2. The van der Waals surface area contributed by atoms with Gasteiger partial charge in [0.15, 0.2) is 0 Å². The molecule has 1 aromatic heterocycles. The molecule has 3 aromatic rings. The normalized spacial score (nSPS) is 10.8. The molecule has 1 amide bonds. The van der Waals surface area contributed by atoms with E-state index in [0.717, 1.165) is 35.3 Å². The van der Waals surface area contributed by atoms with Crippen molar-refractivity contribution >= 4 is 40.1 Å². The predicted octanol–water partition coefficient (Wildman–Crippen LogP) is 4.63. The first-order valence-electron chi connectivity index (χ1n) is 8.37. The highest BCUT2D eigenvalue weighted by atomic mass is 35.5. The molecular formula is C20H19Cl2N3O. The number of hydrogen-bond donors (Lipinski definition) is 1. The van der Waals surface area contributed by atoms with E-state index in [9.17, 15) is 4.79 Å². The zero-order chi connectivity index (χ0) is 18.5. The third kappa shape index (κ3) is 4.26. The molecule has 0 saturated carbocycles. The summed E-state index contributed by atoms with van der Waals surface area (Å²) in [5.74, 6) is 0.819. The van der Waals surface area contributed by atoms with Crippen molar-refractivity contribution in [1.82, 2.24) is 14.9 Å². The molecule has 1 heterocycles. The number of aryl methyl sites for hydroxylation is 1. The molecule has 0 aliphatic rings. The fourth-order valence-electron chi connectivity index (χ4n) is 2.84. The largest absolute Gasteiger partial charge is 0.353 e. The smallest absolute Gasteiger partial charge is 0.243 e. The van der Waals surface area contributed by atoms with Gasteiger partial charge in [-0.25, -0.2) is 4.98 Å². The predicted molar refractivity (Wildman–Crippen MR) is 107 cm³/mol. The van der Waals surface area contributed by atoms with E-state index >= 15 is 0 Å². The molecule has 0 saturated heterocycles. The molecule has 0 atom stereocenters. The summed E-state index contributed by atoms with van der Waals surface area (Å²) < 4.78 is 2.18. The van der Waals surface area contributed by atoms with Crippen molar-refractivity contribution in [1.29, 1.82) is 0 Å². The first-order valence-corrected chi connectivity index (χ1v) is 9.12. The number of benzene rings is 2. The molecule has 0 aliphatic carbocycles. The van der Waals surface area contributed by atoms with E-state index in [1.54, 1.807) is 0 Å². The fraction of sp³-hybridized carbons (Fsp3) is 0.200. The van der Waals surface area contributed by atoms with Crippen LogP contribution >= 0.6 is 23.2 Å². The van der Waals surface area contributed by atoms with Crippen LogP contribution in [0.1, 0.15) is 17.8 Å². The second-order valence-corrected chi connectivity index (χ2v) is 6.76. The van der Waals surface area contributed by atoms with Crippen molar-refractivity contribution in [3.63, 3.8) is 0 Å². The Morgan fingerprint density at radius 3 is 2.77 bits per heavy atom. The Hall–Kier alpha value is -2.30. The number of imidazole rings is 1. The summed E-state index contributed by atoms with van der Waals surface area (Å²) in [6.45, 7) is 4.69. The van der Waals surface area contributed by atoms with Gasteiger partial charge in [-0.05, 0) is 42.3 Å². The number of hydrogen-bond acceptors (Lipinski definition) is 2. The third-order valence-electron chi connectivity index (χ3n) is 4.12. The molecule has 4 nitrogen and oxygen atoms in total. The number of fused-ring (bicyclic) bond motifs is 1. The summed E-state index contributed by atoms with van der Waals surface area (Å²) in [6, 6.07) is 13.7. The van der Waals surface area contributed by atoms with Gasteiger partial charge in [-0.1, -0.05) is 48.0 Å². The van der Waals surface area contributed by atoms with Crippen molar-refractivity contribution in [3.05, 3.63) is 76.6 Å². The number of aromatic nitrogens is 2. The number of nitrogens with zero attached hydrogens (tertiary/aromatic N) is 2. The highest BCUT2D eigenvalue weighted by Crippen LogP contribution is 2.25. The zero-order valence-electron chi connectivity index (χ0n) is 14.2. The molecule has 0 radical (unpaired) electrons. The Labute approximate surface area is 162 Å². The first-order chi connectivity index (χ1) is 12.6. The van der Waals surface area contributed by atoms with E-state index in [2.05, 4.69) is 22.5 Å². The summed E-state index contributed by atoms with van der Waals surface area (Å²) in [4.78, 5) is 16.0. The lowest BCUT2D eigenvalue weighted by molar-refractivity contribution is -0.116. The summed E-state index contributed by atoms with van der Waals surface area (Å²) >= 11 is 12.2. The Morgan fingerprint density at radius 1 is 1.19 bits per heavy atom. The number of rotatable bonds is 7. The zero-order valence-corrected chi connectivity index (χ0v) is 15.7. The minimum absolute atomic E-state index is 0.158. The third-order valence-corrected chi connectivity index (χ3v) is 4.86. The molecule has 26 heavy (non-hydrogen) atoms. The van der Waals surface area contributed by atoms with E-state index in [1.165, 1.54) is 6.08 Å². The molecule has 2 aromatic carbocycles. The molecule has 0 bridgehead atoms. The van der Waals surface area contributed by atoms with Crippen LogP contribution in [0.2, 0.25) is 10.0 Å². The van der Waals surface area contributed by atoms with Crippen LogP contribution in [0.3, 0.4) is 0 Å². The van der Waals surface area contributed by atoms with Gasteiger partial charge in [-0.3, -0.25) is 4.79 Å². The summed E-state index contributed by atoms with van der Waals surface area (Å²) in [5, 5.41) is 3.88. The maximum Gasteiger partial charge on any atom is 0.243 e. The van der Waals surface area contributed by atoms with Crippen LogP contribution in [0.25, 0.3) is 11.0 Å². The Bertz CT molecular complexity index is 949. The standard InChI is InChI=1S/C20H19Cl2N3O/c1-2-20(26)23-11-5-8-19-24-17-6-3-4-7-18(17)25(19)13-14-9-10-15(21)16(22)12-14/h2-4,6-7,9-10,12H,1,5,8,11,13H2,(H,23,26). The van der Waals surface area contributed by atoms with E-state index < -0.39 is 0 Å². The second kappa shape index (κ2) is 8.39. The molecule has 3 rings (SSSR count). The number of para-hydroxylation sites is 2. The second-order valence-electron chi connectivity index (χ2n) is 5.95. The molecule has 0 unspecified atom stereocenters. The van der Waals surface area contributed by atoms with Crippen molar-refractivity contribution in [2.24, 2.45) is 0 Å². The maximum atomic E-state index is 11.3. The van der Waals surface area contributed by atoms with Gasteiger partial charge >= 0.3 is 0 Å². The molecular weight excluding hydrogens is 369 g/mol. The van der Waals surface area contributed by atoms with Gasteiger partial charge in [0.05, 0.1) is 21.1 Å². The van der Waals surface area contributed by atoms with Crippen LogP contribution in [0.5, 0.6) is 0 Å². The van der Waals surface area contributed by atoms with Crippen LogP contribution in [0, 0.1) is 0 Å². The van der Waals surface area contributed by atoms with Crippen molar-refractivity contribution < 1.29 is 4.79 Å². The van der Waals surface area contributed by atoms with Crippen LogP contribution < -0.4 is 5.32 Å². The average molecular weight is 388 g/mol. The van der Waals surface area contributed by atoms with Gasteiger partial charge in [0.25, 0.3) is 0 Å². The van der Waals surface area contributed by atoms with E-state index in [0.29, 0.717) is 23.1 Å². The summed E-state index contributed by atoms with van der Waals surface area (Å²) in [5.41, 5.74) is 3.09. The number of carbonyl (C=O) groups excluding carboxylic acids is 1. The minimum Gasteiger partial charge on any atom is -0.353 e. The van der Waals surface area contributed by atoms with Crippen LogP contribution in [0.15, 0.2) is 55.1 Å². The average Bonchev–Trinajstić information content (AvgIpc) is 2.99. The topological polar surface area (TPSA) is 46.9 Å². The molecule has 0 fully saturated rings. The number of halogens is 2. The Kier molecular flexibility index (Phi) is 5.96. The van der Waals surface area contributed by atoms with Crippen LogP contribution in [-0.2, 0) is 17.8 Å². The van der Waals surface area contributed by atoms with Gasteiger partial charge in [-0.2, -0.15) is 0 Å². The lowest BCUT2D eigenvalue weighted by Crippen LogP contribution is -2.22. The van der Waals surface area contributed by atoms with Gasteiger partial charge in [0, 0.05) is 19.5 Å². The fourth-order valence-corrected chi connectivity index (χ4v) is 3.16. The maximum absolute atomic E-state index is 11.3. The summed E-state index contributed by atoms with van der Waals surface area (Å²) in [7, 11) is 0. The van der Waals surface area contributed by atoms with E-state index in [4.69, 9.17) is 28.2 Å². The van der Waals surface area contributed by atoms with Gasteiger partial charge in [0.1, 0.15) is 5.82 Å². The monoisotopic (exact) mass is 387 g/mol. The lowest BCUT2D eigenvalue weighted by Gasteiger charge is -2.10. The number of nitrogens with one attached hydrogen (secondary N) is 1. The molecule has 0 aliphatic heterocycles. The molecule has 134 valence electrons. The number of amides is 1.